The highest BCUT2D eigenvalue weighted by molar-refractivity contribution is 3.51. The lowest BCUT2D eigenvalue weighted by Gasteiger charge is -1.07. The Morgan fingerprint density at radius 2 is 0.308 bits per heavy atom. The Hall–Kier alpha value is -0.0400. The molecule has 0 aliphatic carbocycles. The van der Waals surface area contributed by atoms with Gasteiger partial charge in [0.05, 0.1) is 0 Å². The Morgan fingerprint density at radius 3 is 0.308 bits per heavy atom. The van der Waals surface area contributed by atoms with E-state index < -0.39 is 0 Å². The molecule has 0 unspecified atom stereocenters. The second-order valence-corrected chi connectivity index (χ2v) is 0. The third-order valence-electron chi connectivity index (χ3n) is 0. The molecule has 94 valence electrons. The van der Waals surface area contributed by atoms with Crippen LogP contribution in [0.4, 0.5) is 0 Å². The van der Waals surface area contributed by atoms with Gasteiger partial charge >= 0.3 is 0 Å². The first kappa shape index (κ1) is 52.2. The van der Waals surface area contributed by atoms with E-state index in [1.165, 1.54) is 0 Å². The van der Waals surface area contributed by atoms with Crippen LogP contribution in [0.3, 0.4) is 0 Å². The molecule has 0 saturated heterocycles. The Balaban J connectivity index is -0.00000000500. The molecule has 0 aliphatic heterocycles. The molecule has 3 N–H and O–H groups in total. The summed E-state index contributed by atoms with van der Waals surface area (Å²) >= 11 is 0. The molecule has 1 nitrogen and oxygen atoms in total. The zero-order valence-electron chi connectivity index (χ0n) is 12.7. The van der Waals surface area contributed by atoms with Gasteiger partial charge in [-0.2, -0.15) is 0 Å². The molecular weight excluding hydrogens is 158 g/mol. The summed E-state index contributed by atoms with van der Waals surface area (Å²) in [6.07, 6.45) is 0. The molecule has 0 atom stereocenters. The normalized spacial score (nSPS) is 2.77. The van der Waals surface area contributed by atoms with E-state index in [0.29, 0.717) is 0 Å². The molecule has 0 bridgehead atoms. The first-order valence-corrected chi connectivity index (χ1v) is 6.00. The molecule has 0 aliphatic rings. The van der Waals surface area contributed by atoms with E-state index in [-0.39, 0.29) is 7.58 Å². The predicted octanol–water partition coefficient (Wildman–Crippen LogP) is 6.57. The van der Waals surface area contributed by atoms with Gasteiger partial charge in [-0.05, 0) is 0 Å². The molecule has 0 saturated carbocycles. The third-order valence-corrected chi connectivity index (χ3v) is 0. The van der Waals surface area contributed by atoms with Gasteiger partial charge in [0.2, 0.25) is 0 Å². The van der Waals surface area contributed by atoms with Crippen molar-refractivity contribution in [2.45, 2.75) is 83.1 Å². The van der Waals surface area contributed by atoms with Crippen molar-refractivity contribution in [1.82, 2.24) is 6.15 Å². The van der Waals surface area contributed by atoms with Crippen molar-refractivity contribution in [2.24, 2.45) is 0 Å². The summed E-state index contributed by atoms with van der Waals surface area (Å²) in [6.45, 7) is 24.0. The van der Waals surface area contributed by atoms with Crippen LogP contribution in [0.1, 0.15) is 84.5 Å². The van der Waals surface area contributed by atoms with Gasteiger partial charge in [0.15, 0.2) is 0 Å². The van der Waals surface area contributed by atoms with E-state index >= 15 is 0 Å². The fourth-order valence-corrected chi connectivity index (χ4v) is 0. The largest absolute Gasteiger partial charge is 0.344 e. The fraction of sp³-hybridized carbons (Fsp3) is 1.00. The second kappa shape index (κ2) is 898000. The van der Waals surface area contributed by atoms with E-state index in [0.717, 1.165) is 0 Å². The van der Waals surface area contributed by atoms with Gasteiger partial charge < -0.3 is 6.15 Å². The standard InChI is InChI=1S/6C2H6.H3N.H2/c6*1-2;;/h6*1-2H3;1H3;1H. The lowest BCUT2D eigenvalue weighted by Crippen LogP contribution is -0.856. The molecule has 0 spiro atoms. The minimum Gasteiger partial charge on any atom is -0.344 e. The van der Waals surface area contributed by atoms with Gasteiger partial charge in [-0.1, -0.05) is 83.1 Å². The number of rotatable bonds is 0. The van der Waals surface area contributed by atoms with Crippen molar-refractivity contribution in [3.8, 4) is 0 Å². The first-order chi connectivity index (χ1) is 6.00. The molecule has 0 heterocycles. The minimum atomic E-state index is 0. The molecule has 0 amide bonds. The van der Waals surface area contributed by atoms with E-state index in [1.807, 2.05) is 83.1 Å². The topological polar surface area (TPSA) is 35.0 Å². The molecule has 0 aromatic heterocycles. The van der Waals surface area contributed by atoms with Crippen molar-refractivity contribution < 1.29 is 1.43 Å². The maximum absolute atomic E-state index is 2.00. The maximum Gasteiger partial charge on any atom is 0 e. The van der Waals surface area contributed by atoms with Crippen LogP contribution < -0.4 is 6.15 Å². The van der Waals surface area contributed by atoms with E-state index in [9.17, 15) is 0 Å². The van der Waals surface area contributed by atoms with Crippen LogP contribution in [0.15, 0.2) is 0 Å². The summed E-state index contributed by atoms with van der Waals surface area (Å²) in [5.74, 6) is 0. The average molecular weight is 199 g/mol. The van der Waals surface area contributed by atoms with Crippen molar-refractivity contribution in [3.05, 3.63) is 0 Å². The fourth-order valence-electron chi connectivity index (χ4n) is 0. The van der Waals surface area contributed by atoms with Crippen molar-refractivity contribution in [3.63, 3.8) is 0 Å². The monoisotopic (exact) mass is 199 g/mol. The molecule has 1 heteroatoms. The van der Waals surface area contributed by atoms with E-state index in [1.54, 1.807) is 0 Å². The zero-order chi connectivity index (χ0) is 12.0. The highest BCUT2D eigenvalue weighted by Crippen LogP contribution is 1.15. The summed E-state index contributed by atoms with van der Waals surface area (Å²) in [4.78, 5) is 0. The Morgan fingerprint density at radius 1 is 0.308 bits per heavy atom. The van der Waals surface area contributed by atoms with Gasteiger partial charge in [-0.25, -0.2) is 0 Å². The van der Waals surface area contributed by atoms with Gasteiger partial charge in [0.1, 0.15) is 0 Å². The molecule has 0 rings (SSSR count). The molecule has 0 fully saturated rings. The average Bonchev–Trinajstić information content (AvgIpc) is 2.33. The number of hydrogen-bond donors (Lipinski definition) is 1. The van der Waals surface area contributed by atoms with Gasteiger partial charge in [0.25, 0.3) is 0 Å². The predicted molar refractivity (Wildman–Crippen MR) is 75.2 cm³/mol. The first-order valence-electron chi connectivity index (χ1n) is 6.00. The molecular formula is C12H41N. The van der Waals surface area contributed by atoms with Crippen LogP contribution in [0.2, 0.25) is 0 Å². The minimum absolute atomic E-state index is 0. The zero-order valence-corrected chi connectivity index (χ0v) is 12.7. The summed E-state index contributed by atoms with van der Waals surface area (Å²) < 4.78 is 0. The Bertz CT molecular complexity index is 10.3. The van der Waals surface area contributed by atoms with Gasteiger partial charge in [-0.15, -0.1) is 0 Å². The number of hydrogen-bond acceptors (Lipinski definition) is 1. The summed E-state index contributed by atoms with van der Waals surface area (Å²) in [5.41, 5.74) is 0. The van der Waals surface area contributed by atoms with E-state index in [2.05, 4.69) is 0 Å². The summed E-state index contributed by atoms with van der Waals surface area (Å²) in [7, 11) is 0. The van der Waals surface area contributed by atoms with Crippen LogP contribution in [-0.4, -0.2) is 0 Å². The summed E-state index contributed by atoms with van der Waals surface area (Å²) in [5, 5.41) is 0. The van der Waals surface area contributed by atoms with Crippen LogP contribution in [-0.2, 0) is 0 Å². The van der Waals surface area contributed by atoms with Crippen molar-refractivity contribution >= 4 is 0 Å². The quantitative estimate of drug-likeness (QED) is 0.471. The van der Waals surface area contributed by atoms with Crippen molar-refractivity contribution in [2.75, 3.05) is 0 Å². The van der Waals surface area contributed by atoms with E-state index in [4.69, 9.17) is 0 Å². The Labute approximate surface area is 91.4 Å². The van der Waals surface area contributed by atoms with Crippen LogP contribution in [0.25, 0.3) is 0 Å². The summed E-state index contributed by atoms with van der Waals surface area (Å²) in [6, 6.07) is 0. The smallest absolute Gasteiger partial charge is 0 e. The molecule has 13 heavy (non-hydrogen) atoms. The maximum atomic E-state index is 2.00. The van der Waals surface area contributed by atoms with Crippen LogP contribution in [0.5, 0.6) is 0 Å². The lowest BCUT2D eigenvalue weighted by molar-refractivity contribution is 1.50. The SMILES string of the molecule is CC.CC.CC.CC.CC.CC.N.[HH]. The lowest BCUT2D eigenvalue weighted by atomic mass is 11.0. The van der Waals surface area contributed by atoms with Gasteiger partial charge in [-0.3, -0.25) is 0 Å². The molecule has 0 aromatic carbocycles. The Kier molecular flexibility index (Phi) is 3600000. The molecule has 0 radical (unpaired) electrons. The van der Waals surface area contributed by atoms with Crippen LogP contribution in [0, 0.1) is 0 Å². The van der Waals surface area contributed by atoms with Crippen molar-refractivity contribution in [1.29, 1.82) is 0 Å². The van der Waals surface area contributed by atoms with Gasteiger partial charge in [0, 0.05) is 1.43 Å². The second-order valence-electron chi connectivity index (χ2n) is 0. The van der Waals surface area contributed by atoms with Crippen LogP contribution >= 0.6 is 0 Å². The highest BCUT2D eigenvalue weighted by Gasteiger charge is 0.942. The third kappa shape index (κ3) is 742000. The highest BCUT2D eigenvalue weighted by atomic mass is 14.0. The molecule has 0 aromatic rings.